The van der Waals surface area contributed by atoms with Crippen molar-refractivity contribution in [2.24, 2.45) is 0 Å². The predicted octanol–water partition coefficient (Wildman–Crippen LogP) is 6.25. The molecule has 3 heteroatoms. The Balaban J connectivity index is 2.05. The Morgan fingerprint density at radius 2 is 0.556 bits per heavy atom. The van der Waals surface area contributed by atoms with Crippen LogP contribution in [0.25, 0.3) is 33.4 Å². The minimum atomic E-state index is 0.439. The highest BCUT2D eigenvalue weighted by atomic mass is 14.3. The highest BCUT2D eigenvalue weighted by molar-refractivity contribution is 5.83. The molecular weight excluding hydrogens is 438 g/mol. The average Bonchev–Trinajstić information content (AvgIpc) is 2.95. The SMILES string of the molecule is C#Cc1cc(C#N)cc(-c2cc(-c3cc(C#C)cc(C#N)c3)cc(-c3cc(C#C)cc(C#N)c3)c2)c1. The predicted molar refractivity (Wildman–Crippen MR) is 141 cm³/mol. The van der Waals surface area contributed by atoms with E-state index >= 15 is 0 Å². The van der Waals surface area contributed by atoms with Gasteiger partial charge >= 0.3 is 0 Å². The van der Waals surface area contributed by atoms with Crippen LogP contribution in [0.2, 0.25) is 0 Å². The Hall–Kier alpha value is -5.97. The van der Waals surface area contributed by atoms with Crippen LogP contribution in [0.1, 0.15) is 33.4 Å². The average molecular weight is 454 g/mol. The summed E-state index contributed by atoms with van der Waals surface area (Å²) in [6.07, 6.45) is 16.9. The summed E-state index contributed by atoms with van der Waals surface area (Å²) in [5.41, 5.74) is 7.72. The molecule has 0 radical (unpaired) electrons. The smallest absolute Gasteiger partial charge is 0.0992 e. The number of nitriles is 3. The zero-order valence-corrected chi connectivity index (χ0v) is 19.0. The first-order valence-corrected chi connectivity index (χ1v) is 10.7. The Bertz CT molecular complexity index is 1480. The second-order valence-electron chi connectivity index (χ2n) is 7.96. The molecule has 0 N–H and O–H groups in total. The van der Waals surface area contributed by atoms with Gasteiger partial charge in [-0.25, -0.2) is 0 Å². The molecule has 0 aliphatic carbocycles. The molecule has 0 aliphatic rings. The van der Waals surface area contributed by atoms with E-state index in [0.717, 1.165) is 33.4 Å². The van der Waals surface area contributed by atoms with Gasteiger partial charge in [0.25, 0.3) is 0 Å². The van der Waals surface area contributed by atoms with Gasteiger partial charge in [-0.15, -0.1) is 19.3 Å². The fraction of sp³-hybridized carbons (Fsp3) is 0. The lowest BCUT2D eigenvalue weighted by atomic mass is 9.90. The van der Waals surface area contributed by atoms with Gasteiger partial charge in [-0.2, -0.15) is 15.8 Å². The van der Waals surface area contributed by atoms with Crippen molar-refractivity contribution in [2.45, 2.75) is 0 Å². The standard InChI is InChI=1S/C33H15N3/c1-4-22-7-25(19-34)13-28(10-22)31-16-32(29-11-23(5-2)8-26(14-29)20-35)18-33(17-31)30-12-24(6-3)9-27(15-30)21-36/h1-3,7-18H. The van der Waals surface area contributed by atoms with E-state index in [0.29, 0.717) is 33.4 Å². The maximum atomic E-state index is 9.51. The summed E-state index contributed by atoms with van der Waals surface area (Å²) in [7, 11) is 0. The lowest BCUT2D eigenvalue weighted by molar-refractivity contribution is 1.46. The van der Waals surface area contributed by atoms with Crippen molar-refractivity contribution in [2.75, 3.05) is 0 Å². The van der Waals surface area contributed by atoms with Crippen LogP contribution >= 0.6 is 0 Å². The number of hydrogen-bond donors (Lipinski definition) is 0. The summed E-state index contributed by atoms with van der Waals surface area (Å²) >= 11 is 0. The van der Waals surface area contributed by atoms with Crippen LogP contribution in [0.4, 0.5) is 0 Å². The Morgan fingerprint density at radius 3 is 0.778 bits per heavy atom. The lowest BCUT2D eigenvalue weighted by Crippen LogP contribution is -1.91. The molecule has 0 aliphatic heterocycles. The molecular formula is C33H15N3. The quantitative estimate of drug-likeness (QED) is 0.344. The monoisotopic (exact) mass is 453 g/mol. The van der Waals surface area contributed by atoms with Crippen LogP contribution < -0.4 is 0 Å². The van der Waals surface area contributed by atoms with Gasteiger partial charge in [-0.1, -0.05) is 17.8 Å². The van der Waals surface area contributed by atoms with Crippen molar-refractivity contribution in [1.29, 1.82) is 15.8 Å². The minimum absolute atomic E-state index is 0.439. The van der Waals surface area contributed by atoms with Gasteiger partial charge in [0.05, 0.1) is 34.9 Å². The largest absolute Gasteiger partial charge is 0.192 e. The molecule has 0 unspecified atom stereocenters. The molecule has 4 aromatic carbocycles. The van der Waals surface area contributed by atoms with Crippen LogP contribution in [0, 0.1) is 71.0 Å². The van der Waals surface area contributed by atoms with Crippen molar-refractivity contribution >= 4 is 0 Å². The van der Waals surface area contributed by atoms with Crippen LogP contribution in [0.15, 0.2) is 72.8 Å². The molecule has 36 heavy (non-hydrogen) atoms. The highest BCUT2D eigenvalue weighted by Crippen LogP contribution is 2.35. The van der Waals surface area contributed by atoms with E-state index in [4.69, 9.17) is 19.3 Å². The third-order valence-corrected chi connectivity index (χ3v) is 5.62. The molecule has 0 saturated heterocycles. The second-order valence-corrected chi connectivity index (χ2v) is 7.96. The first-order valence-electron chi connectivity index (χ1n) is 10.7. The van der Waals surface area contributed by atoms with Gasteiger partial charge in [0, 0.05) is 16.7 Å². The lowest BCUT2D eigenvalue weighted by Gasteiger charge is -2.13. The van der Waals surface area contributed by atoms with Gasteiger partial charge in [0.2, 0.25) is 0 Å². The van der Waals surface area contributed by atoms with Crippen LogP contribution in [-0.4, -0.2) is 0 Å². The van der Waals surface area contributed by atoms with E-state index in [1.165, 1.54) is 0 Å². The van der Waals surface area contributed by atoms with Crippen molar-refractivity contribution in [3.63, 3.8) is 0 Å². The second kappa shape index (κ2) is 9.89. The molecule has 0 spiro atoms. The Morgan fingerprint density at radius 1 is 0.333 bits per heavy atom. The summed E-state index contributed by atoms with van der Waals surface area (Å²) in [6, 6.07) is 28.1. The van der Waals surface area contributed by atoms with E-state index in [1.807, 2.05) is 36.4 Å². The molecule has 0 bridgehead atoms. The molecule has 0 amide bonds. The van der Waals surface area contributed by atoms with Gasteiger partial charge in [-0.05, 0) is 106 Å². The number of terminal acetylenes is 3. The first-order chi connectivity index (χ1) is 17.5. The highest BCUT2D eigenvalue weighted by Gasteiger charge is 2.12. The van der Waals surface area contributed by atoms with E-state index in [-0.39, 0.29) is 0 Å². The summed E-state index contributed by atoms with van der Waals surface area (Å²) in [5, 5.41) is 28.5. The number of benzene rings is 4. The van der Waals surface area contributed by atoms with Crippen LogP contribution in [0.5, 0.6) is 0 Å². The molecule has 162 valence electrons. The number of nitrogens with zero attached hydrogens (tertiary/aromatic N) is 3. The van der Waals surface area contributed by atoms with Crippen molar-refractivity contribution in [3.8, 4) is 88.6 Å². The van der Waals surface area contributed by atoms with Gasteiger partial charge in [0.15, 0.2) is 0 Å². The molecule has 3 nitrogen and oxygen atoms in total. The van der Waals surface area contributed by atoms with Crippen molar-refractivity contribution in [3.05, 3.63) is 106 Å². The number of hydrogen-bond acceptors (Lipinski definition) is 3. The Kier molecular flexibility index (Phi) is 6.37. The summed E-state index contributed by atoms with van der Waals surface area (Å²) in [5.74, 6) is 7.79. The van der Waals surface area contributed by atoms with E-state index < -0.39 is 0 Å². The minimum Gasteiger partial charge on any atom is -0.192 e. The van der Waals surface area contributed by atoms with Crippen LogP contribution in [-0.2, 0) is 0 Å². The van der Waals surface area contributed by atoms with Gasteiger partial charge in [0.1, 0.15) is 0 Å². The molecule has 0 heterocycles. The normalized spacial score (nSPS) is 9.50. The van der Waals surface area contributed by atoms with Crippen molar-refractivity contribution in [1.82, 2.24) is 0 Å². The maximum Gasteiger partial charge on any atom is 0.0992 e. The number of rotatable bonds is 3. The third-order valence-electron chi connectivity index (χ3n) is 5.62. The maximum absolute atomic E-state index is 9.51. The molecule has 0 atom stereocenters. The molecule has 4 rings (SSSR count). The molecule has 0 fully saturated rings. The summed E-state index contributed by atoms with van der Waals surface area (Å²) < 4.78 is 0. The zero-order chi connectivity index (χ0) is 25.7. The summed E-state index contributed by atoms with van der Waals surface area (Å²) in [6.45, 7) is 0. The zero-order valence-electron chi connectivity index (χ0n) is 19.0. The summed E-state index contributed by atoms with van der Waals surface area (Å²) in [4.78, 5) is 0. The van der Waals surface area contributed by atoms with Gasteiger partial charge < -0.3 is 0 Å². The van der Waals surface area contributed by atoms with E-state index in [9.17, 15) is 15.8 Å². The molecule has 0 saturated carbocycles. The van der Waals surface area contributed by atoms with Gasteiger partial charge in [-0.3, -0.25) is 0 Å². The molecule has 4 aromatic rings. The van der Waals surface area contributed by atoms with Crippen LogP contribution in [0.3, 0.4) is 0 Å². The van der Waals surface area contributed by atoms with Crippen molar-refractivity contribution < 1.29 is 0 Å². The van der Waals surface area contributed by atoms with E-state index in [2.05, 4.69) is 36.0 Å². The first kappa shape index (κ1) is 23.2. The topological polar surface area (TPSA) is 71.4 Å². The fourth-order valence-electron chi connectivity index (χ4n) is 3.95. The van der Waals surface area contributed by atoms with E-state index in [1.54, 1.807) is 36.4 Å². The fourth-order valence-corrected chi connectivity index (χ4v) is 3.95. The third kappa shape index (κ3) is 4.70. The Labute approximate surface area is 210 Å². The molecule has 0 aromatic heterocycles.